The van der Waals surface area contributed by atoms with Gasteiger partial charge in [-0.1, -0.05) is 0 Å². The fourth-order valence-corrected chi connectivity index (χ4v) is 3.36. The Kier molecular flexibility index (Phi) is 4.38. The molecule has 1 aromatic carbocycles. The SMILES string of the molecule is COc1cncc([C@H](NC(=O)c2ccc3c(c2)OCO3)C2CC(O)C2)c1. The first-order valence-corrected chi connectivity index (χ1v) is 8.51. The minimum Gasteiger partial charge on any atom is -0.495 e. The number of hydrogen-bond acceptors (Lipinski definition) is 6. The van der Waals surface area contributed by atoms with Crippen LogP contribution in [0.1, 0.15) is 34.8 Å². The van der Waals surface area contributed by atoms with Crippen LogP contribution in [0.25, 0.3) is 0 Å². The minimum absolute atomic E-state index is 0.150. The molecular formula is C19H20N2O5. The van der Waals surface area contributed by atoms with Gasteiger partial charge in [0.25, 0.3) is 5.91 Å². The largest absolute Gasteiger partial charge is 0.495 e. The Hall–Kier alpha value is -2.80. The van der Waals surface area contributed by atoms with E-state index < -0.39 is 0 Å². The number of nitrogens with zero attached hydrogens (tertiary/aromatic N) is 1. The second-order valence-electron chi connectivity index (χ2n) is 6.56. The monoisotopic (exact) mass is 356 g/mol. The summed E-state index contributed by atoms with van der Waals surface area (Å²) >= 11 is 0. The highest BCUT2D eigenvalue weighted by Crippen LogP contribution is 2.39. The van der Waals surface area contributed by atoms with Gasteiger partial charge in [0.05, 0.1) is 25.5 Å². The first-order chi connectivity index (χ1) is 12.6. The normalized spacial score (nSPS) is 21.6. The molecule has 0 spiro atoms. The summed E-state index contributed by atoms with van der Waals surface area (Å²) in [5.74, 6) is 1.77. The Labute approximate surface area is 150 Å². The van der Waals surface area contributed by atoms with Crippen LogP contribution in [0.3, 0.4) is 0 Å². The number of carbonyl (C=O) groups excluding carboxylic acids is 1. The first-order valence-electron chi connectivity index (χ1n) is 8.51. The Morgan fingerprint density at radius 1 is 1.27 bits per heavy atom. The van der Waals surface area contributed by atoms with Crippen LogP contribution in [0, 0.1) is 5.92 Å². The van der Waals surface area contributed by atoms with Crippen molar-refractivity contribution >= 4 is 5.91 Å². The molecule has 2 N–H and O–H groups in total. The van der Waals surface area contributed by atoms with E-state index in [4.69, 9.17) is 14.2 Å². The van der Waals surface area contributed by atoms with E-state index in [-0.39, 0.29) is 30.8 Å². The lowest BCUT2D eigenvalue weighted by atomic mass is 9.75. The fraction of sp³-hybridized carbons (Fsp3) is 0.368. The number of benzene rings is 1. The number of amides is 1. The highest BCUT2D eigenvalue weighted by molar-refractivity contribution is 5.95. The molecule has 136 valence electrons. The van der Waals surface area contributed by atoms with Crippen LogP contribution in [-0.2, 0) is 0 Å². The zero-order valence-electron chi connectivity index (χ0n) is 14.3. The highest BCUT2D eigenvalue weighted by atomic mass is 16.7. The Morgan fingerprint density at radius 3 is 2.85 bits per heavy atom. The second kappa shape index (κ2) is 6.84. The zero-order chi connectivity index (χ0) is 18.1. The molecule has 1 atom stereocenters. The van der Waals surface area contributed by atoms with Crippen molar-refractivity contribution in [1.29, 1.82) is 0 Å². The van der Waals surface area contributed by atoms with Gasteiger partial charge in [0, 0.05) is 11.8 Å². The third-order valence-corrected chi connectivity index (χ3v) is 4.87. The van der Waals surface area contributed by atoms with E-state index in [0.717, 1.165) is 5.56 Å². The van der Waals surface area contributed by atoms with Gasteiger partial charge < -0.3 is 24.6 Å². The topological polar surface area (TPSA) is 89.9 Å². The number of aliphatic hydroxyl groups is 1. The molecule has 0 radical (unpaired) electrons. The predicted octanol–water partition coefficient (Wildman–Crippen LogP) is 2.06. The van der Waals surface area contributed by atoms with Crippen LogP contribution in [0.5, 0.6) is 17.2 Å². The maximum absolute atomic E-state index is 12.8. The molecule has 1 aliphatic carbocycles. The molecule has 1 fully saturated rings. The van der Waals surface area contributed by atoms with Crippen molar-refractivity contribution in [3.8, 4) is 17.2 Å². The number of pyridine rings is 1. The smallest absolute Gasteiger partial charge is 0.251 e. The average molecular weight is 356 g/mol. The van der Waals surface area contributed by atoms with Gasteiger partial charge >= 0.3 is 0 Å². The molecule has 7 heteroatoms. The van der Waals surface area contributed by atoms with Crippen LogP contribution >= 0.6 is 0 Å². The van der Waals surface area contributed by atoms with Gasteiger partial charge in [0.1, 0.15) is 5.75 Å². The Morgan fingerprint density at radius 2 is 2.08 bits per heavy atom. The minimum atomic E-state index is -0.316. The average Bonchev–Trinajstić information content (AvgIpc) is 3.11. The van der Waals surface area contributed by atoms with Crippen LogP contribution in [0.4, 0.5) is 0 Å². The van der Waals surface area contributed by atoms with E-state index >= 15 is 0 Å². The molecule has 1 amide bonds. The van der Waals surface area contributed by atoms with Gasteiger partial charge in [-0.25, -0.2) is 0 Å². The number of rotatable bonds is 5. The number of hydrogen-bond donors (Lipinski definition) is 2. The lowest BCUT2D eigenvalue weighted by molar-refractivity contribution is 0.0234. The Balaban J connectivity index is 1.57. The van der Waals surface area contributed by atoms with Crippen molar-refractivity contribution < 1.29 is 24.1 Å². The van der Waals surface area contributed by atoms with E-state index in [0.29, 0.717) is 35.7 Å². The lowest BCUT2D eigenvalue weighted by Crippen LogP contribution is -2.41. The van der Waals surface area contributed by atoms with Crippen LogP contribution in [0.2, 0.25) is 0 Å². The van der Waals surface area contributed by atoms with Crippen molar-refractivity contribution in [3.05, 3.63) is 47.8 Å². The number of nitrogens with one attached hydrogen (secondary N) is 1. The van der Waals surface area contributed by atoms with E-state index in [1.54, 1.807) is 37.7 Å². The standard InChI is InChI=1S/C19H20N2O5/c1-24-15-6-13(8-20-9-15)18(12-4-14(22)5-12)21-19(23)11-2-3-16-17(7-11)26-10-25-16/h2-3,6-9,12,14,18,22H,4-5,10H2,1H3,(H,21,23)/t12?,14?,18-/m1/s1. The van der Waals surface area contributed by atoms with Crippen LogP contribution in [0.15, 0.2) is 36.7 Å². The summed E-state index contributed by atoms with van der Waals surface area (Å²) in [5, 5.41) is 12.8. The maximum atomic E-state index is 12.8. The molecule has 1 aliphatic heterocycles. The zero-order valence-corrected chi connectivity index (χ0v) is 14.3. The van der Waals surface area contributed by atoms with Gasteiger partial charge in [-0.2, -0.15) is 0 Å². The molecule has 2 heterocycles. The highest BCUT2D eigenvalue weighted by Gasteiger charge is 2.36. The molecular weight excluding hydrogens is 336 g/mol. The van der Waals surface area contributed by atoms with Gasteiger partial charge in [0.15, 0.2) is 11.5 Å². The third-order valence-electron chi connectivity index (χ3n) is 4.87. The summed E-state index contributed by atoms with van der Waals surface area (Å²) in [6, 6.07) is 6.72. The van der Waals surface area contributed by atoms with Crippen molar-refractivity contribution in [3.63, 3.8) is 0 Å². The van der Waals surface area contributed by atoms with Crippen molar-refractivity contribution in [2.24, 2.45) is 5.92 Å². The molecule has 7 nitrogen and oxygen atoms in total. The van der Waals surface area contributed by atoms with E-state index in [1.807, 2.05) is 6.07 Å². The second-order valence-corrected chi connectivity index (χ2v) is 6.56. The van der Waals surface area contributed by atoms with Crippen LogP contribution in [-0.4, -0.2) is 36.0 Å². The summed E-state index contributed by atoms with van der Waals surface area (Å²) in [4.78, 5) is 17.0. The molecule has 0 saturated heterocycles. The van der Waals surface area contributed by atoms with Gasteiger partial charge in [-0.3, -0.25) is 9.78 Å². The van der Waals surface area contributed by atoms with Gasteiger partial charge in [0.2, 0.25) is 6.79 Å². The number of fused-ring (bicyclic) bond motifs is 1. The van der Waals surface area contributed by atoms with Crippen molar-refractivity contribution in [1.82, 2.24) is 10.3 Å². The van der Waals surface area contributed by atoms with Crippen molar-refractivity contribution in [2.75, 3.05) is 13.9 Å². The van der Waals surface area contributed by atoms with Crippen molar-refractivity contribution in [2.45, 2.75) is 25.0 Å². The number of methoxy groups -OCH3 is 1. The van der Waals surface area contributed by atoms with E-state index in [1.165, 1.54) is 0 Å². The van der Waals surface area contributed by atoms with Crippen LogP contribution < -0.4 is 19.5 Å². The molecule has 0 bridgehead atoms. The van der Waals surface area contributed by atoms with Gasteiger partial charge in [-0.15, -0.1) is 0 Å². The maximum Gasteiger partial charge on any atom is 0.251 e. The summed E-state index contributed by atoms with van der Waals surface area (Å²) in [6.07, 6.45) is 4.31. The predicted molar refractivity (Wildman–Crippen MR) is 92.3 cm³/mol. The number of ether oxygens (including phenoxy) is 3. The molecule has 1 aromatic heterocycles. The number of carbonyl (C=O) groups is 1. The number of aliphatic hydroxyl groups excluding tert-OH is 1. The van der Waals surface area contributed by atoms with Gasteiger partial charge in [-0.05, 0) is 48.6 Å². The van der Waals surface area contributed by atoms with E-state index in [2.05, 4.69) is 10.3 Å². The third kappa shape index (κ3) is 3.17. The summed E-state index contributed by atoms with van der Waals surface area (Å²) in [7, 11) is 1.58. The Bertz CT molecular complexity index is 819. The lowest BCUT2D eigenvalue weighted by Gasteiger charge is -2.38. The van der Waals surface area contributed by atoms with E-state index in [9.17, 15) is 9.90 Å². The fourth-order valence-electron chi connectivity index (χ4n) is 3.36. The molecule has 0 unspecified atom stereocenters. The number of aromatic nitrogens is 1. The summed E-state index contributed by atoms with van der Waals surface area (Å²) in [6.45, 7) is 0.165. The molecule has 2 aromatic rings. The first kappa shape index (κ1) is 16.7. The molecule has 4 rings (SSSR count). The summed E-state index contributed by atoms with van der Waals surface area (Å²) < 4.78 is 15.9. The molecule has 1 saturated carbocycles. The summed E-state index contributed by atoms with van der Waals surface area (Å²) in [5.41, 5.74) is 1.35. The quantitative estimate of drug-likeness (QED) is 0.852. The molecule has 26 heavy (non-hydrogen) atoms. The molecule has 2 aliphatic rings.